The molecule has 93 heavy (non-hydrogen) atoms. The Labute approximate surface area is 531 Å². The average molecular weight is 1280 g/mol. The molecule has 3 N–H and O–H groups in total. The molecule has 3 aliphatic heterocycles. The largest absolute Gasteiger partial charge is 0.481 e. The second-order valence-electron chi connectivity index (χ2n) is 24.2. The van der Waals surface area contributed by atoms with Gasteiger partial charge in [0.1, 0.15) is 0 Å². The van der Waals surface area contributed by atoms with Crippen LogP contribution >= 0.6 is 0 Å². The lowest BCUT2D eigenvalue weighted by molar-refractivity contribution is -0.149. The molecular weight excluding hydrogens is 1210 g/mol. The fourth-order valence-electron chi connectivity index (χ4n) is 10.9. The van der Waals surface area contributed by atoms with Crippen LogP contribution in [0, 0.1) is 23.7 Å². The minimum Gasteiger partial charge on any atom is -0.481 e. The number of hydrogen-bond donors (Lipinski definition) is 3. The zero-order chi connectivity index (χ0) is 66.0. The average Bonchev–Trinajstić information content (AvgIpc) is 1.93. The number of aryl methyl sites for hydroxylation is 2. The minimum atomic E-state index is -4.17. The first-order chi connectivity index (χ1) is 44.4. The van der Waals surface area contributed by atoms with Gasteiger partial charge in [-0.2, -0.15) is 41.3 Å². The molecule has 6 heterocycles. The number of halogens is 6. The molecule has 0 amide bonds. The van der Waals surface area contributed by atoms with Crippen molar-refractivity contribution in [1.29, 1.82) is 0 Å². The summed E-state index contributed by atoms with van der Waals surface area (Å²) in [6.07, 6.45) is -8.56. The molecule has 486 valence electrons. The van der Waals surface area contributed by atoms with Crippen molar-refractivity contribution in [2.75, 3.05) is 39.3 Å². The number of carbonyl (C=O) groups is 3. The summed E-state index contributed by atoms with van der Waals surface area (Å²) in [6, 6.07) is 45.5. The molecule has 0 aliphatic carbocycles. The van der Waals surface area contributed by atoms with E-state index in [0.717, 1.165) is 50.9 Å². The lowest BCUT2D eigenvalue weighted by atomic mass is 9.95. The van der Waals surface area contributed by atoms with E-state index in [4.69, 9.17) is 28.9 Å². The highest BCUT2D eigenvalue weighted by atomic mass is 19.4. The molecule has 9 aromatic rings. The summed E-state index contributed by atoms with van der Waals surface area (Å²) in [4.78, 5) is 52.4. The SMILES string of the molecule is CC(C)Cc1ccc(-c2nc(-c3ccc(C(C)N4CC(C(=O)O)C4)cc3)no2)cc1.O=C(O)C1CN(Cc2ccc(-c3noc(-c4ccc(CCC(F)(F)F)cc4)n3)cc2)C1.O=C(O)C1CN(Cc2ccc(-c3noc(-c4ccc(CCCC(F)(F)F)cc4)n3)cc2)C1. The number of nitrogens with zero attached hydrogens (tertiary/aromatic N) is 9. The van der Waals surface area contributed by atoms with Gasteiger partial charge in [0, 0.05) is 105 Å². The Morgan fingerprint density at radius 1 is 0.441 bits per heavy atom. The predicted octanol–water partition coefficient (Wildman–Crippen LogP) is 13.9. The van der Waals surface area contributed by atoms with Gasteiger partial charge in [0.2, 0.25) is 17.5 Å². The van der Waals surface area contributed by atoms with E-state index in [9.17, 15) is 40.7 Å². The van der Waals surface area contributed by atoms with Crippen LogP contribution in [0.15, 0.2) is 159 Å². The molecule has 3 saturated heterocycles. The number of carboxylic acids is 3. The maximum absolute atomic E-state index is 12.3. The van der Waals surface area contributed by atoms with Gasteiger partial charge in [-0.1, -0.05) is 139 Å². The molecule has 1 unspecified atom stereocenters. The van der Waals surface area contributed by atoms with E-state index in [1.165, 1.54) is 5.56 Å². The van der Waals surface area contributed by atoms with Crippen molar-refractivity contribution in [1.82, 2.24) is 45.1 Å². The Hall–Kier alpha value is -9.39. The van der Waals surface area contributed by atoms with Crippen LogP contribution in [0.3, 0.4) is 0 Å². The lowest BCUT2D eigenvalue weighted by Crippen LogP contribution is -2.51. The Kier molecular flexibility index (Phi) is 21.1. The molecule has 18 nitrogen and oxygen atoms in total. The quantitative estimate of drug-likeness (QED) is 0.0535. The van der Waals surface area contributed by atoms with E-state index in [-0.39, 0.29) is 36.6 Å². The van der Waals surface area contributed by atoms with Gasteiger partial charge in [-0.05, 0) is 108 Å². The summed E-state index contributed by atoms with van der Waals surface area (Å²) >= 11 is 0. The lowest BCUT2D eigenvalue weighted by Gasteiger charge is -2.41. The van der Waals surface area contributed by atoms with E-state index in [1.807, 2.05) is 84.9 Å². The van der Waals surface area contributed by atoms with Gasteiger partial charge in [0.15, 0.2) is 0 Å². The Balaban J connectivity index is 0.000000153. The highest BCUT2D eigenvalue weighted by Gasteiger charge is 2.36. The highest BCUT2D eigenvalue weighted by Crippen LogP contribution is 2.33. The van der Waals surface area contributed by atoms with Crippen molar-refractivity contribution >= 4 is 17.9 Å². The van der Waals surface area contributed by atoms with Crippen molar-refractivity contribution in [3.63, 3.8) is 0 Å². The van der Waals surface area contributed by atoms with E-state index in [2.05, 4.69) is 78.0 Å². The molecule has 0 spiro atoms. The number of likely N-dealkylation sites (tertiary alicyclic amines) is 3. The maximum atomic E-state index is 12.3. The fraction of sp³-hybridized carbons (Fsp3) is 0.348. The summed E-state index contributed by atoms with van der Waals surface area (Å²) in [5.74, 6) is 0.162. The molecule has 1 atom stereocenters. The van der Waals surface area contributed by atoms with Crippen LogP contribution in [-0.4, -0.2) is 130 Å². The monoisotopic (exact) mass is 1280 g/mol. The molecule has 6 aromatic carbocycles. The fourth-order valence-corrected chi connectivity index (χ4v) is 10.9. The minimum absolute atomic E-state index is 0.0570. The number of alkyl halides is 6. The van der Waals surface area contributed by atoms with Crippen molar-refractivity contribution < 1.29 is 69.6 Å². The number of rotatable bonds is 22. The van der Waals surface area contributed by atoms with Crippen molar-refractivity contribution in [3.05, 3.63) is 179 Å². The number of aliphatic carboxylic acids is 3. The van der Waals surface area contributed by atoms with Crippen molar-refractivity contribution in [2.45, 2.75) is 90.8 Å². The standard InChI is InChI=1S/C24H27N3O3.C23H22F3N3O3.C22H20F3N3O3/c1-15(2)12-17-4-6-20(7-5-17)23-25-22(26-30-23)19-10-8-18(9-11-19)16(3)27-13-21(14-27)24(28)29;24-23(25,26)11-1-2-15-3-9-18(10-4-15)21-27-20(28-32-21)17-7-5-16(6-8-17)12-29-13-19(14-29)22(30)31;23-22(24,25)10-9-14-1-7-17(8-2-14)20-26-19(27-31-20)16-5-3-15(4-6-16)11-28-12-18(13-28)21(29)30/h4-11,15-16,21H,12-14H2,1-3H3,(H,28,29);3-10,19H,1-2,11-14H2,(H,30,31);1-8,18H,9-13H2,(H,29,30). The third-order valence-electron chi connectivity index (χ3n) is 16.5. The molecular formula is C69H69F6N9O9. The molecule has 24 heteroatoms. The van der Waals surface area contributed by atoms with E-state index < -0.39 is 43.1 Å². The van der Waals surface area contributed by atoms with Crippen LogP contribution in [0.2, 0.25) is 0 Å². The zero-order valence-corrected chi connectivity index (χ0v) is 51.2. The first-order valence-electron chi connectivity index (χ1n) is 30.5. The summed E-state index contributed by atoms with van der Waals surface area (Å²) in [7, 11) is 0. The number of benzene rings is 6. The summed E-state index contributed by atoms with van der Waals surface area (Å²) in [5.41, 5.74) is 10.7. The van der Waals surface area contributed by atoms with Gasteiger partial charge < -0.3 is 28.9 Å². The summed E-state index contributed by atoms with van der Waals surface area (Å²) in [5, 5.41) is 39.1. The topological polar surface area (TPSA) is 238 Å². The summed E-state index contributed by atoms with van der Waals surface area (Å²) < 4.78 is 90.0. The van der Waals surface area contributed by atoms with Gasteiger partial charge in [0.05, 0.1) is 17.8 Å². The zero-order valence-electron chi connectivity index (χ0n) is 51.2. The van der Waals surface area contributed by atoms with Gasteiger partial charge >= 0.3 is 30.3 Å². The van der Waals surface area contributed by atoms with Crippen LogP contribution in [0.25, 0.3) is 68.5 Å². The molecule has 12 rings (SSSR count). The predicted molar refractivity (Wildman–Crippen MR) is 331 cm³/mol. The van der Waals surface area contributed by atoms with Crippen LogP contribution in [0.4, 0.5) is 26.3 Å². The second kappa shape index (κ2) is 29.5. The van der Waals surface area contributed by atoms with Gasteiger partial charge in [-0.3, -0.25) is 29.1 Å². The first-order valence-corrected chi connectivity index (χ1v) is 30.5. The van der Waals surface area contributed by atoms with Crippen LogP contribution in [0.1, 0.15) is 79.5 Å². The van der Waals surface area contributed by atoms with Crippen LogP contribution < -0.4 is 0 Å². The van der Waals surface area contributed by atoms with Gasteiger partial charge in [0.25, 0.3) is 17.7 Å². The van der Waals surface area contributed by atoms with E-state index in [0.29, 0.717) is 117 Å². The van der Waals surface area contributed by atoms with Gasteiger partial charge in [-0.15, -0.1) is 0 Å². The maximum Gasteiger partial charge on any atom is 0.389 e. The van der Waals surface area contributed by atoms with Crippen molar-refractivity contribution in [2.24, 2.45) is 23.7 Å². The number of carboxylic acid groups (broad SMARTS) is 3. The molecule has 3 aromatic heterocycles. The summed E-state index contributed by atoms with van der Waals surface area (Å²) in [6.45, 7) is 11.3. The second-order valence-corrected chi connectivity index (χ2v) is 24.2. The number of aromatic nitrogens is 6. The molecule has 0 radical (unpaired) electrons. The highest BCUT2D eigenvalue weighted by molar-refractivity contribution is 5.73. The number of hydrogen-bond acceptors (Lipinski definition) is 15. The first kappa shape index (κ1) is 66.5. The normalized spacial score (nSPS) is 15.3. The smallest absolute Gasteiger partial charge is 0.389 e. The Bertz CT molecular complexity index is 3910. The third-order valence-corrected chi connectivity index (χ3v) is 16.5. The molecule has 0 saturated carbocycles. The van der Waals surface area contributed by atoms with Crippen molar-refractivity contribution in [3.8, 4) is 68.5 Å². The van der Waals surface area contributed by atoms with E-state index in [1.54, 1.807) is 48.5 Å². The Morgan fingerprint density at radius 3 is 1.12 bits per heavy atom. The van der Waals surface area contributed by atoms with Crippen LogP contribution in [-0.2, 0) is 46.7 Å². The van der Waals surface area contributed by atoms with E-state index >= 15 is 0 Å². The van der Waals surface area contributed by atoms with Crippen LogP contribution in [0.5, 0.6) is 0 Å². The third kappa shape index (κ3) is 18.4. The molecule has 0 bridgehead atoms. The molecule has 3 aliphatic rings. The Morgan fingerprint density at radius 2 is 0.763 bits per heavy atom. The van der Waals surface area contributed by atoms with Gasteiger partial charge in [-0.25, -0.2) is 0 Å². The molecule has 3 fully saturated rings.